The van der Waals surface area contributed by atoms with Gasteiger partial charge in [-0.3, -0.25) is 0 Å². The van der Waals surface area contributed by atoms with Crippen molar-refractivity contribution in [2.45, 2.75) is 65.7 Å². The first kappa shape index (κ1) is 17.5. The number of aryl methyl sites for hydroxylation is 2. The minimum atomic E-state index is 0.616. The van der Waals surface area contributed by atoms with Crippen molar-refractivity contribution in [3.8, 4) is 0 Å². The molecule has 21 heavy (non-hydrogen) atoms. The van der Waals surface area contributed by atoms with Crippen LogP contribution in [-0.4, -0.2) is 13.1 Å². The van der Waals surface area contributed by atoms with Gasteiger partial charge in [0, 0.05) is 4.88 Å². The molecule has 1 saturated carbocycles. The third-order valence-electron chi connectivity index (χ3n) is 4.96. The summed E-state index contributed by atoms with van der Waals surface area (Å²) in [5.41, 5.74) is 2.18. The van der Waals surface area contributed by atoms with Crippen LogP contribution < -0.4 is 5.32 Å². The summed E-state index contributed by atoms with van der Waals surface area (Å²) in [6.45, 7) is 9.19. The van der Waals surface area contributed by atoms with Gasteiger partial charge in [0.05, 0.1) is 3.79 Å². The monoisotopic (exact) mass is 371 g/mol. The van der Waals surface area contributed by atoms with E-state index < -0.39 is 0 Å². The largest absolute Gasteiger partial charge is 0.316 e. The summed E-state index contributed by atoms with van der Waals surface area (Å²) in [7, 11) is 0. The van der Waals surface area contributed by atoms with E-state index >= 15 is 0 Å². The van der Waals surface area contributed by atoms with Crippen LogP contribution >= 0.6 is 27.3 Å². The van der Waals surface area contributed by atoms with Crippen LogP contribution in [0.3, 0.4) is 0 Å². The molecule has 0 bridgehead atoms. The van der Waals surface area contributed by atoms with Crippen LogP contribution in [0.4, 0.5) is 0 Å². The van der Waals surface area contributed by atoms with E-state index in [2.05, 4.69) is 48.1 Å². The SMILES string of the molecule is Cc1sc(Br)cc1CCC1(CCNCC(C)C)CCCC1. The highest BCUT2D eigenvalue weighted by atomic mass is 79.9. The lowest BCUT2D eigenvalue weighted by molar-refractivity contribution is 0.244. The number of rotatable bonds is 8. The highest BCUT2D eigenvalue weighted by Gasteiger charge is 2.32. The zero-order chi connectivity index (χ0) is 15.3. The van der Waals surface area contributed by atoms with Crippen molar-refractivity contribution in [2.75, 3.05) is 13.1 Å². The molecule has 0 radical (unpaired) electrons. The summed E-state index contributed by atoms with van der Waals surface area (Å²) in [5.74, 6) is 0.760. The zero-order valence-corrected chi connectivity index (χ0v) is 16.2. The van der Waals surface area contributed by atoms with E-state index in [0.29, 0.717) is 5.41 Å². The maximum absolute atomic E-state index is 3.64. The molecule has 0 saturated heterocycles. The summed E-state index contributed by atoms with van der Waals surface area (Å²) < 4.78 is 1.29. The van der Waals surface area contributed by atoms with E-state index in [9.17, 15) is 0 Å². The van der Waals surface area contributed by atoms with Crippen molar-refractivity contribution in [1.29, 1.82) is 0 Å². The van der Waals surface area contributed by atoms with Crippen LogP contribution in [0.1, 0.15) is 62.8 Å². The fraction of sp³-hybridized carbons (Fsp3) is 0.778. The Morgan fingerprint density at radius 3 is 2.57 bits per heavy atom. The molecule has 0 amide bonds. The third-order valence-corrected chi connectivity index (χ3v) is 6.56. The Kier molecular flexibility index (Phi) is 6.77. The molecule has 0 aromatic carbocycles. The standard InChI is InChI=1S/C18H30BrNS/c1-14(2)13-20-11-10-18(7-4-5-8-18)9-6-16-12-17(19)21-15(16)3/h12,14,20H,4-11,13H2,1-3H3. The number of hydrogen-bond donors (Lipinski definition) is 1. The molecule has 1 fully saturated rings. The van der Waals surface area contributed by atoms with Crippen molar-refractivity contribution in [1.82, 2.24) is 5.32 Å². The molecule has 1 aromatic rings. The Morgan fingerprint density at radius 2 is 2.00 bits per heavy atom. The van der Waals surface area contributed by atoms with Gasteiger partial charge in [0.2, 0.25) is 0 Å². The molecule has 0 atom stereocenters. The topological polar surface area (TPSA) is 12.0 Å². The fourth-order valence-electron chi connectivity index (χ4n) is 3.62. The van der Waals surface area contributed by atoms with Crippen LogP contribution in [0.15, 0.2) is 9.85 Å². The van der Waals surface area contributed by atoms with E-state index in [1.165, 1.54) is 60.2 Å². The van der Waals surface area contributed by atoms with E-state index in [1.54, 1.807) is 5.56 Å². The second-order valence-corrected chi connectivity index (χ2v) is 9.82. The number of halogens is 1. The molecule has 1 nitrogen and oxygen atoms in total. The lowest BCUT2D eigenvalue weighted by Gasteiger charge is -2.29. The summed E-state index contributed by atoms with van der Waals surface area (Å²) in [6, 6.07) is 2.33. The molecule has 3 heteroatoms. The summed E-state index contributed by atoms with van der Waals surface area (Å²) >= 11 is 5.50. The molecule has 1 N–H and O–H groups in total. The smallest absolute Gasteiger partial charge is 0.0704 e. The number of thiophene rings is 1. The molecule has 0 unspecified atom stereocenters. The van der Waals surface area contributed by atoms with Crippen LogP contribution in [-0.2, 0) is 6.42 Å². The fourth-order valence-corrected chi connectivity index (χ4v) is 5.41. The van der Waals surface area contributed by atoms with Gasteiger partial charge in [0.25, 0.3) is 0 Å². The lowest BCUT2D eigenvalue weighted by atomic mass is 9.77. The minimum absolute atomic E-state index is 0.616. The van der Waals surface area contributed by atoms with Crippen molar-refractivity contribution in [3.63, 3.8) is 0 Å². The van der Waals surface area contributed by atoms with Crippen molar-refractivity contribution >= 4 is 27.3 Å². The van der Waals surface area contributed by atoms with Crippen molar-refractivity contribution in [3.05, 3.63) is 20.3 Å². The van der Waals surface area contributed by atoms with Crippen molar-refractivity contribution in [2.24, 2.45) is 11.3 Å². The molecule has 0 spiro atoms. The molecule has 1 aliphatic carbocycles. The quantitative estimate of drug-likeness (QED) is 0.556. The van der Waals surface area contributed by atoms with Gasteiger partial charge in [-0.2, -0.15) is 0 Å². The van der Waals surface area contributed by atoms with Gasteiger partial charge in [-0.25, -0.2) is 0 Å². The average molecular weight is 372 g/mol. The van der Waals surface area contributed by atoms with E-state index in [0.717, 1.165) is 12.5 Å². The molecular formula is C18H30BrNS. The number of nitrogens with one attached hydrogen (secondary N) is 1. The van der Waals surface area contributed by atoms with Gasteiger partial charge in [-0.1, -0.05) is 26.7 Å². The Labute approximate surface area is 143 Å². The van der Waals surface area contributed by atoms with Gasteiger partial charge < -0.3 is 5.32 Å². The van der Waals surface area contributed by atoms with Crippen LogP contribution in [0, 0.1) is 18.3 Å². The van der Waals surface area contributed by atoms with E-state index in [4.69, 9.17) is 0 Å². The van der Waals surface area contributed by atoms with Crippen LogP contribution in [0.5, 0.6) is 0 Å². The molecule has 2 rings (SSSR count). The van der Waals surface area contributed by atoms with Gasteiger partial charge in [-0.05, 0) is 91.0 Å². The zero-order valence-electron chi connectivity index (χ0n) is 13.8. The summed E-state index contributed by atoms with van der Waals surface area (Å²) in [4.78, 5) is 1.49. The predicted molar refractivity (Wildman–Crippen MR) is 98.3 cm³/mol. The van der Waals surface area contributed by atoms with Gasteiger partial charge >= 0.3 is 0 Å². The summed E-state index contributed by atoms with van der Waals surface area (Å²) in [6.07, 6.45) is 9.77. The maximum atomic E-state index is 3.64. The highest BCUT2D eigenvalue weighted by Crippen LogP contribution is 2.45. The number of hydrogen-bond acceptors (Lipinski definition) is 2. The first-order chi connectivity index (χ1) is 10.0. The van der Waals surface area contributed by atoms with Gasteiger partial charge in [-0.15, -0.1) is 11.3 Å². The minimum Gasteiger partial charge on any atom is -0.316 e. The Bertz CT molecular complexity index is 432. The molecule has 1 heterocycles. The predicted octanol–water partition coefficient (Wildman–Crippen LogP) is 5.95. The third kappa shape index (κ3) is 5.37. The second kappa shape index (κ2) is 8.12. The maximum Gasteiger partial charge on any atom is 0.0704 e. The lowest BCUT2D eigenvalue weighted by Crippen LogP contribution is -2.27. The van der Waals surface area contributed by atoms with E-state index in [-0.39, 0.29) is 0 Å². The normalized spacial score (nSPS) is 17.8. The Balaban J connectivity index is 1.84. The van der Waals surface area contributed by atoms with E-state index in [1.807, 2.05) is 11.3 Å². The molecular weight excluding hydrogens is 342 g/mol. The molecule has 120 valence electrons. The molecule has 1 aromatic heterocycles. The van der Waals surface area contributed by atoms with Crippen LogP contribution in [0.2, 0.25) is 0 Å². The first-order valence-electron chi connectivity index (χ1n) is 8.46. The second-order valence-electron chi connectivity index (χ2n) is 7.19. The Morgan fingerprint density at radius 1 is 1.29 bits per heavy atom. The first-order valence-corrected chi connectivity index (χ1v) is 10.1. The van der Waals surface area contributed by atoms with Gasteiger partial charge in [0.15, 0.2) is 0 Å². The molecule has 1 aliphatic rings. The highest BCUT2D eigenvalue weighted by molar-refractivity contribution is 9.11. The summed E-state index contributed by atoms with van der Waals surface area (Å²) in [5, 5.41) is 3.64. The van der Waals surface area contributed by atoms with Crippen molar-refractivity contribution < 1.29 is 0 Å². The Hall–Kier alpha value is 0.140. The molecule has 0 aliphatic heterocycles. The average Bonchev–Trinajstić information content (AvgIpc) is 3.00. The van der Waals surface area contributed by atoms with Crippen LogP contribution in [0.25, 0.3) is 0 Å². The van der Waals surface area contributed by atoms with Gasteiger partial charge in [0.1, 0.15) is 0 Å².